The average Bonchev–Trinajstić information content (AvgIpc) is 2.70. The molecule has 3 nitrogen and oxygen atoms in total. The molecule has 3 rings (SSSR count). The lowest BCUT2D eigenvalue weighted by atomic mass is 10.1. The molecule has 0 atom stereocenters. The van der Waals surface area contributed by atoms with Crippen LogP contribution in [-0.4, -0.2) is 6.79 Å². The number of hydrogen-bond acceptors (Lipinski definition) is 3. The zero-order chi connectivity index (χ0) is 9.54. The molecule has 0 bridgehead atoms. The van der Waals surface area contributed by atoms with E-state index in [-0.39, 0.29) is 0 Å². The molecule has 0 N–H and O–H groups in total. The Kier molecular flexibility index (Phi) is 1.48. The Morgan fingerprint density at radius 2 is 2.00 bits per heavy atom. The summed E-state index contributed by atoms with van der Waals surface area (Å²) in [5.41, 5.74) is 1.20. The normalized spacial score (nSPS) is 16.9. The quantitative estimate of drug-likeness (QED) is 0.716. The largest absolute Gasteiger partial charge is 0.459 e. The van der Waals surface area contributed by atoms with Gasteiger partial charge in [0.15, 0.2) is 11.5 Å². The minimum Gasteiger partial charge on any atom is -0.459 e. The lowest BCUT2D eigenvalue weighted by molar-refractivity contribution is 0.174. The van der Waals surface area contributed by atoms with Crippen molar-refractivity contribution in [2.24, 2.45) is 0 Å². The Hall–Kier alpha value is -1.64. The van der Waals surface area contributed by atoms with E-state index in [1.807, 2.05) is 25.1 Å². The zero-order valence-corrected chi connectivity index (χ0v) is 7.87. The van der Waals surface area contributed by atoms with E-state index in [0.717, 1.165) is 29.4 Å². The first-order valence-electron chi connectivity index (χ1n) is 4.59. The highest BCUT2D eigenvalue weighted by atomic mass is 16.7. The summed E-state index contributed by atoms with van der Waals surface area (Å²) >= 11 is 0. The van der Waals surface area contributed by atoms with Gasteiger partial charge in [0, 0.05) is 6.42 Å². The molecule has 2 heterocycles. The first-order valence-corrected chi connectivity index (χ1v) is 4.59. The van der Waals surface area contributed by atoms with Gasteiger partial charge in [-0.2, -0.15) is 0 Å². The summed E-state index contributed by atoms with van der Waals surface area (Å²) in [5.74, 6) is 3.78. The fourth-order valence-corrected chi connectivity index (χ4v) is 1.56. The van der Waals surface area contributed by atoms with E-state index in [4.69, 9.17) is 14.2 Å². The number of ether oxygens (including phenoxy) is 3. The van der Waals surface area contributed by atoms with E-state index in [9.17, 15) is 0 Å². The Morgan fingerprint density at radius 3 is 2.79 bits per heavy atom. The molecule has 72 valence electrons. The maximum absolute atomic E-state index is 5.29. The molecule has 1 aromatic rings. The molecule has 0 fully saturated rings. The maximum atomic E-state index is 5.29. The number of hydrogen-bond donors (Lipinski definition) is 0. The van der Waals surface area contributed by atoms with Gasteiger partial charge < -0.3 is 14.2 Å². The first-order chi connectivity index (χ1) is 6.83. The molecule has 14 heavy (non-hydrogen) atoms. The van der Waals surface area contributed by atoms with Crippen molar-refractivity contribution < 1.29 is 14.2 Å². The predicted octanol–water partition coefficient (Wildman–Crippen LogP) is 2.22. The molecular weight excluding hydrogens is 180 g/mol. The zero-order valence-electron chi connectivity index (χ0n) is 7.87. The van der Waals surface area contributed by atoms with Crippen LogP contribution < -0.4 is 9.47 Å². The molecule has 0 unspecified atom stereocenters. The molecule has 1 aromatic carbocycles. The second-order valence-corrected chi connectivity index (χ2v) is 3.45. The summed E-state index contributed by atoms with van der Waals surface area (Å²) in [7, 11) is 0. The van der Waals surface area contributed by atoms with Gasteiger partial charge in [0.2, 0.25) is 6.79 Å². The van der Waals surface area contributed by atoms with Crippen LogP contribution in [-0.2, 0) is 11.2 Å². The van der Waals surface area contributed by atoms with Crippen LogP contribution in [0.15, 0.2) is 29.7 Å². The van der Waals surface area contributed by atoms with Gasteiger partial charge in [-0.1, -0.05) is 6.07 Å². The van der Waals surface area contributed by atoms with Crippen molar-refractivity contribution in [3.05, 3.63) is 35.3 Å². The smallest absolute Gasteiger partial charge is 0.231 e. The van der Waals surface area contributed by atoms with Crippen LogP contribution in [0, 0.1) is 0 Å². The SMILES string of the molecule is CC1=C(Cc2ccc3c(c2)OCO3)O1. The highest BCUT2D eigenvalue weighted by molar-refractivity contribution is 5.45. The predicted molar refractivity (Wildman–Crippen MR) is 50.1 cm³/mol. The molecule has 0 aromatic heterocycles. The van der Waals surface area contributed by atoms with Gasteiger partial charge in [-0.3, -0.25) is 0 Å². The molecule has 3 heteroatoms. The molecule has 0 saturated carbocycles. The van der Waals surface area contributed by atoms with Crippen molar-refractivity contribution in [1.29, 1.82) is 0 Å². The number of allylic oxidation sites excluding steroid dienone is 2. The second-order valence-electron chi connectivity index (χ2n) is 3.45. The number of rotatable bonds is 2. The number of fused-ring (bicyclic) bond motifs is 1. The fraction of sp³-hybridized carbons (Fsp3) is 0.273. The van der Waals surface area contributed by atoms with Crippen LogP contribution in [0.4, 0.5) is 0 Å². The third-order valence-corrected chi connectivity index (χ3v) is 2.43. The molecule has 2 aliphatic heterocycles. The van der Waals surface area contributed by atoms with Crippen LogP contribution in [0.3, 0.4) is 0 Å². The molecule has 0 amide bonds. The lowest BCUT2D eigenvalue weighted by Gasteiger charge is -1.98. The Balaban J connectivity index is 1.86. The average molecular weight is 190 g/mol. The van der Waals surface area contributed by atoms with Crippen molar-refractivity contribution in [2.75, 3.05) is 6.79 Å². The standard InChI is InChI=1S/C11H10O3/c1-7-10(14-7)4-8-2-3-9-11(5-8)13-6-12-9/h2-3,5H,4,6H2,1H3. The van der Waals surface area contributed by atoms with Gasteiger partial charge in [-0.05, 0) is 24.6 Å². The van der Waals surface area contributed by atoms with Gasteiger partial charge in [0.1, 0.15) is 11.5 Å². The van der Waals surface area contributed by atoms with Gasteiger partial charge in [0.05, 0.1) is 0 Å². The maximum Gasteiger partial charge on any atom is 0.231 e. The minimum absolute atomic E-state index is 0.330. The van der Waals surface area contributed by atoms with Crippen molar-refractivity contribution in [1.82, 2.24) is 0 Å². The van der Waals surface area contributed by atoms with Crippen molar-refractivity contribution in [2.45, 2.75) is 13.3 Å². The van der Waals surface area contributed by atoms with Crippen molar-refractivity contribution in [3.8, 4) is 11.5 Å². The van der Waals surface area contributed by atoms with E-state index in [2.05, 4.69) is 0 Å². The number of benzene rings is 1. The fourth-order valence-electron chi connectivity index (χ4n) is 1.56. The van der Waals surface area contributed by atoms with Gasteiger partial charge in [0.25, 0.3) is 0 Å². The summed E-state index contributed by atoms with van der Waals surface area (Å²) < 4.78 is 15.7. The van der Waals surface area contributed by atoms with E-state index in [0.29, 0.717) is 6.79 Å². The van der Waals surface area contributed by atoms with Crippen molar-refractivity contribution in [3.63, 3.8) is 0 Å². The van der Waals surface area contributed by atoms with E-state index >= 15 is 0 Å². The lowest BCUT2D eigenvalue weighted by Crippen LogP contribution is -1.92. The van der Waals surface area contributed by atoms with Crippen LogP contribution in [0.5, 0.6) is 11.5 Å². The minimum atomic E-state index is 0.330. The molecule has 0 saturated heterocycles. The molecule has 0 radical (unpaired) electrons. The molecule has 0 aliphatic carbocycles. The van der Waals surface area contributed by atoms with Gasteiger partial charge in [-0.15, -0.1) is 0 Å². The first kappa shape index (κ1) is 7.74. The van der Waals surface area contributed by atoms with Gasteiger partial charge >= 0.3 is 0 Å². The summed E-state index contributed by atoms with van der Waals surface area (Å²) in [6, 6.07) is 5.98. The van der Waals surface area contributed by atoms with Crippen LogP contribution >= 0.6 is 0 Å². The van der Waals surface area contributed by atoms with Crippen LogP contribution in [0.2, 0.25) is 0 Å². The topological polar surface area (TPSA) is 31.0 Å². The summed E-state index contributed by atoms with van der Waals surface area (Å²) in [4.78, 5) is 0. The molecule has 2 aliphatic rings. The third kappa shape index (κ3) is 1.21. The Bertz CT molecular complexity index is 421. The van der Waals surface area contributed by atoms with E-state index in [1.54, 1.807) is 0 Å². The second kappa shape index (κ2) is 2.67. The highest BCUT2D eigenvalue weighted by Crippen LogP contribution is 2.35. The molecule has 0 spiro atoms. The summed E-state index contributed by atoms with van der Waals surface area (Å²) in [6.07, 6.45) is 0.850. The van der Waals surface area contributed by atoms with E-state index < -0.39 is 0 Å². The van der Waals surface area contributed by atoms with Crippen LogP contribution in [0.25, 0.3) is 0 Å². The third-order valence-electron chi connectivity index (χ3n) is 2.43. The highest BCUT2D eigenvalue weighted by Gasteiger charge is 2.21. The van der Waals surface area contributed by atoms with Crippen LogP contribution in [0.1, 0.15) is 12.5 Å². The molecular formula is C11H10O3. The van der Waals surface area contributed by atoms with Gasteiger partial charge in [-0.25, -0.2) is 0 Å². The Morgan fingerprint density at radius 1 is 1.21 bits per heavy atom. The van der Waals surface area contributed by atoms with Crippen molar-refractivity contribution >= 4 is 0 Å². The monoisotopic (exact) mass is 190 g/mol. The summed E-state index contributed by atoms with van der Waals surface area (Å²) in [6.45, 7) is 2.30. The van der Waals surface area contributed by atoms with E-state index in [1.165, 1.54) is 5.56 Å². The Labute approximate surface area is 81.9 Å². The summed E-state index contributed by atoms with van der Waals surface area (Å²) in [5, 5.41) is 0.